The summed E-state index contributed by atoms with van der Waals surface area (Å²) in [5.41, 5.74) is 2.51. The summed E-state index contributed by atoms with van der Waals surface area (Å²) in [4.78, 5) is 27.8. The number of benzene rings is 1. The molecule has 1 aromatic heterocycles. The molecule has 4 rings (SSSR count). The second kappa shape index (κ2) is 10.3. The summed E-state index contributed by atoms with van der Waals surface area (Å²) in [5, 5.41) is 14.6. The fourth-order valence-electron chi connectivity index (χ4n) is 5.21. The van der Waals surface area contributed by atoms with Crippen molar-refractivity contribution < 1.29 is 24.2 Å². The molecule has 2 aromatic rings. The van der Waals surface area contributed by atoms with Gasteiger partial charge in [0.2, 0.25) is 0 Å². The van der Waals surface area contributed by atoms with Gasteiger partial charge < -0.3 is 19.5 Å². The Balaban J connectivity index is 1.57. The predicted molar refractivity (Wildman–Crippen MR) is 142 cm³/mol. The molecule has 2 aliphatic rings. The molecule has 2 aliphatic heterocycles. The number of aromatic nitrogens is 2. The van der Waals surface area contributed by atoms with E-state index in [0.29, 0.717) is 31.8 Å². The highest BCUT2D eigenvalue weighted by Gasteiger charge is 2.39. The van der Waals surface area contributed by atoms with Crippen LogP contribution in [0.4, 0.5) is 15.3 Å². The van der Waals surface area contributed by atoms with E-state index in [2.05, 4.69) is 12.0 Å². The molecule has 0 atom stereocenters. The zero-order valence-corrected chi connectivity index (χ0v) is 22.9. The average Bonchev–Trinajstić information content (AvgIpc) is 3.30. The van der Waals surface area contributed by atoms with Gasteiger partial charge in [0, 0.05) is 41.5 Å². The molecule has 0 aliphatic carbocycles. The molecule has 9 heteroatoms. The van der Waals surface area contributed by atoms with E-state index in [4.69, 9.17) is 9.47 Å². The Morgan fingerprint density at radius 3 is 2.51 bits per heavy atom. The number of piperidine rings is 1. The minimum absolute atomic E-state index is 0.188. The zero-order valence-electron chi connectivity index (χ0n) is 22.9. The predicted octanol–water partition coefficient (Wildman–Crippen LogP) is 6.12. The van der Waals surface area contributed by atoms with Crippen LogP contribution in [0.1, 0.15) is 78.8 Å². The van der Waals surface area contributed by atoms with Crippen molar-refractivity contribution in [1.29, 1.82) is 0 Å². The van der Waals surface area contributed by atoms with Crippen LogP contribution in [0.15, 0.2) is 24.5 Å². The normalized spacial score (nSPS) is 17.9. The van der Waals surface area contributed by atoms with Crippen molar-refractivity contribution in [2.75, 3.05) is 24.6 Å². The van der Waals surface area contributed by atoms with Crippen LogP contribution in [-0.2, 0) is 11.2 Å². The van der Waals surface area contributed by atoms with E-state index >= 15 is 0 Å². The number of fused-ring (bicyclic) bond motifs is 1. The number of anilines is 1. The summed E-state index contributed by atoms with van der Waals surface area (Å²) in [7, 11) is 0. The van der Waals surface area contributed by atoms with Crippen LogP contribution < -0.4 is 9.64 Å². The molecular formula is C28H40N4O5. The Hall–Kier alpha value is -3.23. The number of amides is 2. The van der Waals surface area contributed by atoms with Gasteiger partial charge in [-0.25, -0.2) is 9.59 Å². The molecule has 0 unspecified atom stereocenters. The van der Waals surface area contributed by atoms with Crippen LogP contribution in [-0.4, -0.2) is 62.8 Å². The van der Waals surface area contributed by atoms with Gasteiger partial charge >= 0.3 is 12.2 Å². The largest absolute Gasteiger partial charge is 0.493 e. The Kier molecular flexibility index (Phi) is 7.44. The van der Waals surface area contributed by atoms with Crippen LogP contribution in [0, 0.1) is 0 Å². The van der Waals surface area contributed by atoms with Crippen molar-refractivity contribution in [2.45, 2.75) is 90.8 Å². The van der Waals surface area contributed by atoms with Gasteiger partial charge in [-0.1, -0.05) is 6.92 Å². The molecule has 1 N–H and O–H groups in total. The molecule has 0 radical (unpaired) electrons. The maximum absolute atomic E-state index is 12.4. The molecule has 1 fully saturated rings. The first-order valence-corrected chi connectivity index (χ1v) is 13.3. The number of likely N-dealkylation sites (tertiary alicyclic amines) is 1. The molecule has 2 amide bonds. The summed E-state index contributed by atoms with van der Waals surface area (Å²) in [6.45, 7) is 13.4. The lowest BCUT2D eigenvalue weighted by Gasteiger charge is -2.42. The SMILES string of the molecule is CCCOc1c(-c2cnn(C3CCN(C(=O)OC(C)(C)C)CC3)c2)ccc2c1CCC(C)(C)N2C(=O)O. The van der Waals surface area contributed by atoms with E-state index in [1.165, 1.54) is 4.90 Å². The van der Waals surface area contributed by atoms with Crippen molar-refractivity contribution >= 4 is 17.9 Å². The molecule has 202 valence electrons. The third-order valence-electron chi connectivity index (χ3n) is 7.11. The Bertz CT molecular complexity index is 1140. The molecule has 9 nitrogen and oxygen atoms in total. The first-order valence-electron chi connectivity index (χ1n) is 13.3. The molecule has 37 heavy (non-hydrogen) atoms. The van der Waals surface area contributed by atoms with Gasteiger partial charge in [-0.15, -0.1) is 0 Å². The fourth-order valence-corrected chi connectivity index (χ4v) is 5.21. The molecule has 3 heterocycles. The number of hydrogen-bond donors (Lipinski definition) is 1. The second-order valence-electron chi connectivity index (χ2n) is 11.6. The quantitative estimate of drug-likeness (QED) is 0.518. The number of nitrogens with zero attached hydrogens (tertiary/aromatic N) is 4. The third kappa shape index (κ3) is 5.70. The highest BCUT2D eigenvalue weighted by molar-refractivity contribution is 5.92. The van der Waals surface area contributed by atoms with E-state index in [-0.39, 0.29) is 12.1 Å². The number of carbonyl (C=O) groups is 2. The molecule has 1 saturated heterocycles. The number of rotatable bonds is 5. The first-order chi connectivity index (χ1) is 17.4. The summed E-state index contributed by atoms with van der Waals surface area (Å²) < 4.78 is 13.8. The van der Waals surface area contributed by atoms with Gasteiger partial charge in [0.05, 0.1) is 24.5 Å². The van der Waals surface area contributed by atoms with Crippen molar-refractivity contribution in [2.24, 2.45) is 0 Å². The number of carboxylic acid groups (broad SMARTS) is 1. The van der Waals surface area contributed by atoms with Crippen LogP contribution in [0.2, 0.25) is 0 Å². The molecule has 0 spiro atoms. The van der Waals surface area contributed by atoms with Gasteiger partial charge in [0.25, 0.3) is 0 Å². The van der Waals surface area contributed by atoms with Crippen molar-refractivity contribution in [1.82, 2.24) is 14.7 Å². The van der Waals surface area contributed by atoms with E-state index in [1.807, 2.05) is 63.8 Å². The topological polar surface area (TPSA) is 97.1 Å². The standard InChI is InChI=1S/C28H40N4O5/c1-7-16-36-24-21(8-9-23-22(24)10-13-28(5,6)32(23)25(33)34)19-17-29-31(18-19)20-11-14-30(15-12-20)26(35)37-27(2,3)4/h8-9,17-18,20H,7,10-16H2,1-6H3,(H,33,34). The Morgan fingerprint density at radius 2 is 1.89 bits per heavy atom. The van der Waals surface area contributed by atoms with Crippen LogP contribution in [0.5, 0.6) is 5.75 Å². The van der Waals surface area contributed by atoms with E-state index in [9.17, 15) is 14.7 Å². The summed E-state index contributed by atoms with van der Waals surface area (Å²) in [6, 6.07) is 4.04. The minimum Gasteiger partial charge on any atom is -0.493 e. The number of carbonyl (C=O) groups excluding carboxylic acids is 1. The van der Waals surface area contributed by atoms with Gasteiger partial charge in [0.1, 0.15) is 11.4 Å². The first kappa shape index (κ1) is 26.8. The number of hydrogen-bond acceptors (Lipinski definition) is 5. The van der Waals surface area contributed by atoms with E-state index in [1.54, 1.807) is 4.90 Å². The monoisotopic (exact) mass is 512 g/mol. The molecule has 0 bridgehead atoms. The van der Waals surface area contributed by atoms with Crippen molar-refractivity contribution in [3.8, 4) is 16.9 Å². The van der Waals surface area contributed by atoms with Crippen LogP contribution in [0.3, 0.4) is 0 Å². The summed E-state index contributed by atoms with van der Waals surface area (Å²) in [5.74, 6) is 0.750. The van der Waals surface area contributed by atoms with Crippen molar-refractivity contribution in [3.05, 3.63) is 30.1 Å². The zero-order chi connectivity index (χ0) is 27.0. The Labute approximate surface area is 219 Å². The van der Waals surface area contributed by atoms with Gasteiger partial charge in [-0.3, -0.25) is 9.58 Å². The second-order valence-corrected chi connectivity index (χ2v) is 11.6. The maximum Gasteiger partial charge on any atom is 0.412 e. The summed E-state index contributed by atoms with van der Waals surface area (Å²) in [6.07, 6.45) is 6.58. The van der Waals surface area contributed by atoms with E-state index < -0.39 is 17.2 Å². The van der Waals surface area contributed by atoms with Gasteiger partial charge in [-0.05, 0) is 78.9 Å². The van der Waals surface area contributed by atoms with Crippen molar-refractivity contribution in [3.63, 3.8) is 0 Å². The highest BCUT2D eigenvalue weighted by Crippen LogP contribution is 2.45. The van der Waals surface area contributed by atoms with Gasteiger partial charge in [-0.2, -0.15) is 5.10 Å². The third-order valence-corrected chi connectivity index (χ3v) is 7.11. The molecule has 0 saturated carbocycles. The van der Waals surface area contributed by atoms with Crippen LogP contribution in [0.25, 0.3) is 11.1 Å². The van der Waals surface area contributed by atoms with Gasteiger partial charge in [0.15, 0.2) is 0 Å². The highest BCUT2D eigenvalue weighted by atomic mass is 16.6. The smallest absolute Gasteiger partial charge is 0.412 e. The number of ether oxygens (including phenoxy) is 2. The van der Waals surface area contributed by atoms with Crippen LogP contribution >= 0.6 is 0 Å². The lowest BCUT2D eigenvalue weighted by Crippen LogP contribution is -2.50. The minimum atomic E-state index is -0.953. The Morgan fingerprint density at radius 1 is 1.19 bits per heavy atom. The lowest BCUT2D eigenvalue weighted by molar-refractivity contribution is 0.0184. The molecular weight excluding hydrogens is 472 g/mol. The summed E-state index contributed by atoms with van der Waals surface area (Å²) >= 11 is 0. The van der Waals surface area contributed by atoms with E-state index in [0.717, 1.165) is 48.1 Å². The average molecular weight is 513 g/mol. The maximum atomic E-state index is 12.4. The molecule has 1 aromatic carbocycles. The lowest BCUT2D eigenvalue weighted by atomic mass is 9.85. The fraction of sp³-hybridized carbons (Fsp3) is 0.607.